The minimum atomic E-state index is -0.846. The van der Waals surface area contributed by atoms with E-state index in [4.69, 9.17) is 5.11 Å². The van der Waals surface area contributed by atoms with Gasteiger partial charge in [-0.05, 0) is 18.6 Å². The molecule has 0 aliphatic carbocycles. The van der Waals surface area contributed by atoms with Crippen LogP contribution in [0.3, 0.4) is 0 Å². The second kappa shape index (κ2) is 6.38. The van der Waals surface area contributed by atoms with Crippen molar-refractivity contribution in [3.05, 3.63) is 30.3 Å². The van der Waals surface area contributed by atoms with Crippen molar-refractivity contribution in [1.82, 2.24) is 4.90 Å². The van der Waals surface area contributed by atoms with E-state index >= 15 is 0 Å². The van der Waals surface area contributed by atoms with Crippen LogP contribution in [0.5, 0.6) is 0 Å². The van der Waals surface area contributed by atoms with Crippen molar-refractivity contribution in [2.45, 2.75) is 12.8 Å². The van der Waals surface area contributed by atoms with E-state index in [0.717, 1.165) is 5.69 Å². The molecule has 0 spiro atoms. The van der Waals surface area contributed by atoms with Crippen molar-refractivity contribution in [1.29, 1.82) is 0 Å². The number of nitrogens with zero attached hydrogens (tertiary/aromatic N) is 2. The molecule has 0 saturated carbocycles. The molecule has 1 amide bonds. The van der Waals surface area contributed by atoms with Gasteiger partial charge >= 0.3 is 5.97 Å². The van der Waals surface area contributed by atoms with Crippen LogP contribution in [0.15, 0.2) is 35.3 Å². The molecule has 1 aromatic rings. The van der Waals surface area contributed by atoms with Crippen molar-refractivity contribution in [3.8, 4) is 0 Å². The van der Waals surface area contributed by atoms with Gasteiger partial charge in [-0.3, -0.25) is 14.5 Å². The SMILES string of the molecule is O=C(O)CCCN1C(=O)CSC1=Nc1ccccc1. The molecule has 1 aliphatic heterocycles. The molecule has 2 rings (SSSR count). The van der Waals surface area contributed by atoms with Gasteiger partial charge in [0.1, 0.15) is 0 Å². The highest BCUT2D eigenvalue weighted by molar-refractivity contribution is 8.15. The largest absolute Gasteiger partial charge is 0.481 e. The Morgan fingerprint density at radius 3 is 2.79 bits per heavy atom. The molecule has 1 saturated heterocycles. The summed E-state index contributed by atoms with van der Waals surface area (Å²) in [6.07, 6.45) is 0.502. The third kappa shape index (κ3) is 3.82. The number of thioether (sulfide) groups is 1. The van der Waals surface area contributed by atoms with Crippen molar-refractivity contribution >= 4 is 34.5 Å². The van der Waals surface area contributed by atoms with Crippen molar-refractivity contribution < 1.29 is 14.7 Å². The van der Waals surface area contributed by atoms with Gasteiger partial charge in [-0.1, -0.05) is 30.0 Å². The predicted molar refractivity (Wildman–Crippen MR) is 74.6 cm³/mol. The zero-order valence-corrected chi connectivity index (χ0v) is 11.1. The van der Waals surface area contributed by atoms with Gasteiger partial charge in [0.15, 0.2) is 5.17 Å². The zero-order valence-electron chi connectivity index (χ0n) is 10.3. The molecule has 0 radical (unpaired) electrons. The van der Waals surface area contributed by atoms with Gasteiger partial charge < -0.3 is 5.11 Å². The first-order chi connectivity index (χ1) is 9.16. The number of aliphatic imine (C=N–C) groups is 1. The highest BCUT2D eigenvalue weighted by Gasteiger charge is 2.27. The lowest BCUT2D eigenvalue weighted by Crippen LogP contribution is -2.30. The number of benzene rings is 1. The summed E-state index contributed by atoms with van der Waals surface area (Å²) in [6.45, 7) is 0.407. The van der Waals surface area contributed by atoms with Gasteiger partial charge in [-0.25, -0.2) is 4.99 Å². The quantitative estimate of drug-likeness (QED) is 0.895. The van der Waals surface area contributed by atoms with E-state index in [1.165, 1.54) is 11.8 Å². The summed E-state index contributed by atoms with van der Waals surface area (Å²) in [7, 11) is 0. The van der Waals surface area contributed by atoms with Crippen molar-refractivity contribution in [3.63, 3.8) is 0 Å². The Bertz CT molecular complexity index is 502. The molecular formula is C13H14N2O3S. The summed E-state index contributed by atoms with van der Waals surface area (Å²) in [5, 5.41) is 9.27. The van der Waals surface area contributed by atoms with Crippen LogP contribution < -0.4 is 0 Å². The van der Waals surface area contributed by atoms with Crippen LogP contribution in [-0.4, -0.2) is 39.3 Å². The van der Waals surface area contributed by atoms with Gasteiger partial charge in [0.05, 0.1) is 11.4 Å². The molecule has 1 heterocycles. The lowest BCUT2D eigenvalue weighted by atomic mass is 10.3. The normalized spacial score (nSPS) is 17.2. The fourth-order valence-electron chi connectivity index (χ4n) is 1.70. The van der Waals surface area contributed by atoms with Gasteiger partial charge in [0.25, 0.3) is 0 Å². The molecule has 100 valence electrons. The number of aliphatic carboxylic acids is 1. The Morgan fingerprint density at radius 2 is 2.11 bits per heavy atom. The van der Waals surface area contributed by atoms with Crippen LogP contribution in [0.25, 0.3) is 0 Å². The predicted octanol–water partition coefficient (Wildman–Crippen LogP) is 2.11. The van der Waals surface area contributed by atoms with E-state index in [2.05, 4.69) is 4.99 Å². The number of hydrogen-bond donors (Lipinski definition) is 1. The molecule has 0 aromatic heterocycles. The molecule has 0 unspecified atom stereocenters. The topological polar surface area (TPSA) is 70.0 Å². The Balaban J connectivity index is 2.05. The molecular weight excluding hydrogens is 264 g/mol. The zero-order chi connectivity index (χ0) is 13.7. The minimum absolute atomic E-state index is 0.00919. The van der Waals surface area contributed by atoms with E-state index in [9.17, 15) is 9.59 Å². The van der Waals surface area contributed by atoms with Crippen molar-refractivity contribution in [2.24, 2.45) is 4.99 Å². The second-order valence-electron chi connectivity index (χ2n) is 4.06. The molecule has 5 nitrogen and oxygen atoms in total. The monoisotopic (exact) mass is 278 g/mol. The van der Waals surface area contributed by atoms with Crippen LogP contribution >= 0.6 is 11.8 Å². The van der Waals surface area contributed by atoms with E-state index in [-0.39, 0.29) is 12.3 Å². The first-order valence-electron chi connectivity index (χ1n) is 5.95. The molecule has 0 bridgehead atoms. The van der Waals surface area contributed by atoms with Gasteiger partial charge in [0, 0.05) is 13.0 Å². The smallest absolute Gasteiger partial charge is 0.303 e. The summed E-state index contributed by atoms with van der Waals surface area (Å²) in [5.74, 6) is -0.482. The third-order valence-electron chi connectivity index (χ3n) is 2.61. The fourth-order valence-corrected chi connectivity index (χ4v) is 2.63. The van der Waals surface area contributed by atoms with Crippen LogP contribution in [0, 0.1) is 0 Å². The number of para-hydroxylation sites is 1. The number of amides is 1. The van der Waals surface area contributed by atoms with Crippen LogP contribution in [0.4, 0.5) is 5.69 Å². The number of rotatable bonds is 5. The molecule has 6 heteroatoms. The number of carboxylic acids is 1. The lowest BCUT2D eigenvalue weighted by Gasteiger charge is -2.15. The summed E-state index contributed by atoms with van der Waals surface area (Å²) < 4.78 is 0. The Hall–Kier alpha value is -1.82. The summed E-state index contributed by atoms with van der Waals surface area (Å²) in [4.78, 5) is 28.2. The van der Waals surface area contributed by atoms with Crippen LogP contribution in [-0.2, 0) is 9.59 Å². The van der Waals surface area contributed by atoms with E-state index < -0.39 is 5.97 Å². The number of carbonyl (C=O) groups is 2. The first kappa shape index (κ1) is 13.6. The number of carbonyl (C=O) groups excluding carboxylic acids is 1. The van der Waals surface area contributed by atoms with Gasteiger partial charge in [-0.15, -0.1) is 0 Å². The Morgan fingerprint density at radius 1 is 1.37 bits per heavy atom. The Labute approximate surface area is 115 Å². The maximum Gasteiger partial charge on any atom is 0.303 e. The molecule has 19 heavy (non-hydrogen) atoms. The maximum absolute atomic E-state index is 11.7. The third-order valence-corrected chi connectivity index (χ3v) is 3.57. The fraction of sp³-hybridized carbons (Fsp3) is 0.308. The second-order valence-corrected chi connectivity index (χ2v) is 5.00. The number of carboxylic acid groups (broad SMARTS) is 1. The van der Waals surface area contributed by atoms with Crippen LogP contribution in [0.1, 0.15) is 12.8 Å². The number of hydrogen-bond acceptors (Lipinski definition) is 4. The van der Waals surface area contributed by atoms with E-state index in [1.807, 2.05) is 30.3 Å². The average Bonchev–Trinajstić information content (AvgIpc) is 2.72. The van der Waals surface area contributed by atoms with E-state index in [0.29, 0.717) is 23.9 Å². The highest BCUT2D eigenvalue weighted by atomic mass is 32.2. The molecule has 1 aromatic carbocycles. The van der Waals surface area contributed by atoms with Crippen LogP contribution in [0.2, 0.25) is 0 Å². The average molecular weight is 278 g/mol. The molecule has 0 atom stereocenters. The van der Waals surface area contributed by atoms with Gasteiger partial charge in [-0.2, -0.15) is 0 Å². The lowest BCUT2D eigenvalue weighted by molar-refractivity contribution is -0.137. The van der Waals surface area contributed by atoms with E-state index in [1.54, 1.807) is 4.90 Å². The number of amidine groups is 1. The molecule has 1 aliphatic rings. The maximum atomic E-state index is 11.7. The minimum Gasteiger partial charge on any atom is -0.481 e. The van der Waals surface area contributed by atoms with Gasteiger partial charge in [0.2, 0.25) is 5.91 Å². The standard InChI is InChI=1S/C13H14N2O3S/c16-11-9-19-13(14-10-5-2-1-3-6-10)15(11)8-4-7-12(17)18/h1-3,5-6H,4,7-9H2,(H,17,18). The summed E-state index contributed by atoms with van der Waals surface area (Å²) in [5.41, 5.74) is 0.794. The summed E-state index contributed by atoms with van der Waals surface area (Å²) in [6, 6.07) is 9.41. The highest BCUT2D eigenvalue weighted by Crippen LogP contribution is 2.23. The Kier molecular flexibility index (Phi) is 4.57. The first-order valence-corrected chi connectivity index (χ1v) is 6.94. The molecule has 1 N–H and O–H groups in total. The molecule has 1 fully saturated rings. The van der Waals surface area contributed by atoms with Crippen molar-refractivity contribution in [2.75, 3.05) is 12.3 Å². The summed E-state index contributed by atoms with van der Waals surface area (Å²) >= 11 is 1.39.